The van der Waals surface area contributed by atoms with E-state index in [-0.39, 0.29) is 5.78 Å². The molecule has 0 spiro atoms. The Balaban J connectivity index is 1.53. The Labute approximate surface area is 166 Å². The molecule has 0 unspecified atom stereocenters. The normalized spacial score (nSPS) is 17.5. The van der Waals surface area contributed by atoms with Crippen LogP contribution in [-0.2, 0) is 0 Å². The number of likely N-dealkylation sites (N-methyl/N-ethyl adjacent to an activating group) is 1. The number of nitrogens with zero attached hydrogens (tertiary/aromatic N) is 3. The Bertz CT molecular complexity index is 830. The van der Waals surface area contributed by atoms with Gasteiger partial charge in [-0.25, -0.2) is 0 Å². The van der Waals surface area contributed by atoms with E-state index in [1.54, 1.807) is 18.7 Å². The first-order valence-electron chi connectivity index (χ1n) is 9.72. The zero-order valence-electron chi connectivity index (χ0n) is 16.1. The van der Waals surface area contributed by atoms with E-state index in [1.165, 1.54) is 21.2 Å². The second-order valence-corrected chi connectivity index (χ2v) is 8.54. The number of ketones is 1. The van der Waals surface area contributed by atoms with Gasteiger partial charge in [0, 0.05) is 48.1 Å². The summed E-state index contributed by atoms with van der Waals surface area (Å²) in [6.07, 6.45) is 1.12. The first kappa shape index (κ1) is 18.5. The molecule has 2 aliphatic rings. The molecule has 1 fully saturated rings. The quantitative estimate of drug-likeness (QED) is 0.726. The van der Waals surface area contributed by atoms with Gasteiger partial charge in [-0.1, -0.05) is 30.0 Å². The largest absolute Gasteiger partial charge is 0.340 e. The van der Waals surface area contributed by atoms with Crippen LogP contribution in [0.3, 0.4) is 0 Å². The van der Waals surface area contributed by atoms with Crippen LogP contribution in [0, 0.1) is 0 Å². The molecule has 2 aromatic rings. The Kier molecular flexibility index (Phi) is 5.53. The predicted molar refractivity (Wildman–Crippen MR) is 113 cm³/mol. The fraction of sp³-hybridized carbons (Fsp3) is 0.409. The van der Waals surface area contributed by atoms with Crippen LogP contribution >= 0.6 is 11.8 Å². The lowest BCUT2D eigenvalue weighted by Gasteiger charge is -2.35. The first-order chi connectivity index (χ1) is 13.1. The van der Waals surface area contributed by atoms with Crippen molar-refractivity contribution < 1.29 is 4.79 Å². The van der Waals surface area contributed by atoms with Gasteiger partial charge in [-0.3, -0.25) is 4.79 Å². The monoisotopic (exact) mass is 381 g/mol. The molecule has 0 atom stereocenters. The molecule has 4 rings (SSSR count). The molecule has 0 aromatic heterocycles. The summed E-state index contributed by atoms with van der Waals surface area (Å²) in [5.74, 6) is 0.124. The lowest BCUT2D eigenvalue weighted by atomic mass is 10.1. The maximum atomic E-state index is 11.9. The van der Waals surface area contributed by atoms with Gasteiger partial charge in [0.25, 0.3) is 0 Å². The molecule has 2 aliphatic heterocycles. The highest BCUT2D eigenvalue weighted by Gasteiger charge is 2.24. The zero-order chi connectivity index (χ0) is 18.8. The number of hydrogen-bond donors (Lipinski definition) is 0. The summed E-state index contributed by atoms with van der Waals surface area (Å²) in [7, 11) is 2.20. The lowest BCUT2D eigenvalue weighted by Crippen LogP contribution is -2.45. The van der Waals surface area contributed by atoms with Crippen molar-refractivity contribution in [3.8, 4) is 0 Å². The Hall–Kier alpha value is -1.82. The second kappa shape index (κ2) is 8.05. The third-order valence-electron chi connectivity index (χ3n) is 5.48. The van der Waals surface area contributed by atoms with E-state index in [0.717, 1.165) is 51.3 Å². The summed E-state index contributed by atoms with van der Waals surface area (Å²) in [5, 5.41) is 0. The molecule has 4 nitrogen and oxygen atoms in total. The van der Waals surface area contributed by atoms with Gasteiger partial charge in [0.15, 0.2) is 5.78 Å². The van der Waals surface area contributed by atoms with Crippen molar-refractivity contribution in [2.75, 3.05) is 51.2 Å². The van der Waals surface area contributed by atoms with Gasteiger partial charge in [-0.15, -0.1) is 0 Å². The molecule has 0 saturated carbocycles. The lowest BCUT2D eigenvalue weighted by molar-refractivity contribution is 0.101. The minimum Gasteiger partial charge on any atom is -0.340 e. The highest BCUT2D eigenvalue weighted by molar-refractivity contribution is 7.99. The fourth-order valence-electron chi connectivity index (χ4n) is 3.81. The average Bonchev–Trinajstić information content (AvgIpc) is 2.68. The first-order valence-corrected chi connectivity index (χ1v) is 10.5. The summed E-state index contributed by atoms with van der Waals surface area (Å²) in [6.45, 7) is 8.38. The van der Waals surface area contributed by atoms with Gasteiger partial charge in [-0.2, -0.15) is 0 Å². The average molecular weight is 382 g/mol. The van der Waals surface area contributed by atoms with Crippen molar-refractivity contribution >= 4 is 28.9 Å². The molecule has 5 heteroatoms. The number of rotatable bonds is 5. The highest BCUT2D eigenvalue weighted by Crippen LogP contribution is 2.48. The van der Waals surface area contributed by atoms with Crippen LogP contribution in [0.2, 0.25) is 0 Å². The maximum absolute atomic E-state index is 11.9. The van der Waals surface area contributed by atoms with Gasteiger partial charge in [0.05, 0.1) is 11.4 Å². The van der Waals surface area contributed by atoms with Crippen molar-refractivity contribution in [2.24, 2.45) is 0 Å². The molecule has 142 valence electrons. The SMILES string of the molecule is CC(=O)c1ccc2c(c1)N(CCCN1CCN(C)CC1)c1ccccc1S2. The van der Waals surface area contributed by atoms with E-state index < -0.39 is 0 Å². The summed E-state index contributed by atoms with van der Waals surface area (Å²) < 4.78 is 0. The maximum Gasteiger partial charge on any atom is 0.159 e. The number of Topliss-reactive ketones (excluding diaryl/α,β-unsaturated/α-hetero) is 1. The molecule has 2 aromatic carbocycles. The predicted octanol–water partition coefficient (Wildman–Crippen LogP) is 4.13. The molecular formula is C22H27N3OS. The molecule has 0 N–H and O–H groups in total. The number of piperazine rings is 1. The molecule has 0 aliphatic carbocycles. The van der Waals surface area contributed by atoms with E-state index in [2.05, 4.69) is 58.1 Å². The minimum atomic E-state index is 0.124. The van der Waals surface area contributed by atoms with Gasteiger partial charge in [0.1, 0.15) is 0 Å². The van der Waals surface area contributed by atoms with E-state index in [0.29, 0.717) is 0 Å². The molecule has 0 amide bonds. The Morgan fingerprint density at radius 3 is 2.48 bits per heavy atom. The Morgan fingerprint density at radius 2 is 1.70 bits per heavy atom. The molecule has 27 heavy (non-hydrogen) atoms. The highest BCUT2D eigenvalue weighted by atomic mass is 32.2. The van der Waals surface area contributed by atoms with E-state index >= 15 is 0 Å². The van der Waals surface area contributed by atoms with Gasteiger partial charge < -0.3 is 14.7 Å². The van der Waals surface area contributed by atoms with Crippen molar-refractivity contribution in [3.05, 3.63) is 48.0 Å². The summed E-state index contributed by atoms with van der Waals surface area (Å²) >= 11 is 1.80. The summed E-state index contributed by atoms with van der Waals surface area (Å²) in [4.78, 5) is 21.8. The number of para-hydroxylation sites is 1. The van der Waals surface area contributed by atoms with Crippen molar-refractivity contribution in [1.82, 2.24) is 9.80 Å². The van der Waals surface area contributed by atoms with Crippen molar-refractivity contribution in [1.29, 1.82) is 0 Å². The number of anilines is 2. The molecule has 0 radical (unpaired) electrons. The van der Waals surface area contributed by atoms with Crippen LogP contribution in [0.4, 0.5) is 11.4 Å². The standard InChI is InChI=1S/C22H27N3OS/c1-17(26)18-8-9-22-20(16-18)25(19-6-3-4-7-21(19)27-22)11-5-10-24-14-12-23(2)13-15-24/h3-4,6-9,16H,5,10-15H2,1-2H3. The van der Waals surface area contributed by atoms with Crippen molar-refractivity contribution in [2.45, 2.75) is 23.1 Å². The molecule has 2 heterocycles. The number of hydrogen-bond acceptors (Lipinski definition) is 5. The van der Waals surface area contributed by atoms with Crippen LogP contribution < -0.4 is 4.90 Å². The van der Waals surface area contributed by atoms with Gasteiger partial charge >= 0.3 is 0 Å². The topological polar surface area (TPSA) is 26.8 Å². The number of fused-ring (bicyclic) bond motifs is 2. The smallest absolute Gasteiger partial charge is 0.159 e. The van der Waals surface area contributed by atoms with E-state index in [9.17, 15) is 4.79 Å². The van der Waals surface area contributed by atoms with Crippen LogP contribution in [0.15, 0.2) is 52.3 Å². The molecule has 1 saturated heterocycles. The number of benzene rings is 2. The van der Waals surface area contributed by atoms with Crippen molar-refractivity contribution in [3.63, 3.8) is 0 Å². The molecule has 0 bridgehead atoms. The third-order valence-corrected chi connectivity index (χ3v) is 6.61. The number of carbonyl (C=O) groups is 1. The van der Waals surface area contributed by atoms with E-state index in [1.807, 2.05) is 6.07 Å². The van der Waals surface area contributed by atoms with Crippen LogP contribution in [0.25, 0.3) is 0 Å². The van der Waals surface area contributed by atoms with Crippen LogP contribution in [0.1, 0.15) is 23.7 Å². The van der Waals surface area contributed by atoms with E-state index in [4.69, 9.17) is 0 Å². The molecular weight excluding hydrogens is 354 g/mol. The van der Waals surface area contributed by atoms with Crippen LogP contribution in [0.5, 0.6) is 0 Å². The zero-order valence-corrected chi connectivity index (χ0v) is 17.0. The minimum absolute atomic E-state index is 0.124. The van der Waals surface area contributed by atoms with Gasteiger partial charge in [-0.05, 0) is 51.2 Å². The fourth-order valence-corrected chi connectivity index (χ4v) is 4.89. The summed E-state index contributed by atoms with van der Waals surface area (Å²) in [6, 6.07) is 14.7. The second-order valence-electron chi connectivity index (χ2n) is 7.46. The summed E-state index contributed by atoms with van der Waals surface area (Å²) in [5.41, 5.74) is 3.22. The Morgan fingerprint density at radius 1 is 0.963 bits per heavy atom. The third kappa shape index (κ3) is 4.05. The van der Waals surface area contributed by atoms with Gasteiger partial charge in [0.2, 0.25) is 0 Å². The van der Waals surface area contributed by atoms with Crippen LogP contribution in [-0.4, -0.2) is 61.9 Å². The number of carbonyl (C=O) groups excluding carboxylic acids is 1.